The molecule has 0 amide bonds. The number of phenols is 1. The van der Waals surface area contributed by atoms with Gasteiger partial charge in [-0.05, 0) is 204 Å². The van der Waals surface area contributed by atoms with E-state index in [1.807, 2.05) is 18.2 Å². The molecule has 2 aliphatic carbocycles. The maximum Gasteiger partial charge on any atom is 0.143 e. The molecule has 1 N–H and O–H groups in total. The molecule has 24 rings (SSSR count). The second kappa shape index (κ2) is 27.5. The number of fused-ring (bicyclic) bond motifs is 18. The van der Waals surface area contributed by atoms with Gasteiger partial charge in [0.15, 0.2) is 0 Å². The molecule has 3 heterocycles. The second-order valence-corrected chi connectivity index (χ2v) is 34.3. The smallest absolute Gasteiger partial charge is 0.143 e. The van der Waals surface area contributed by atoms with E-state index in [2.05, 4.69) is 414 Å². The van der Waals surface area contributed by atoms with Crippen LogP contribution >= 0.6 is 0 Å². The zero-order valence-electron chi connectivity index (χ0n) is 68.5. The lowest BCUT2D eigenvalue weighted by Crippen LogP contribution is -2.16. The maximum absolute atomic E-state index is 12.7. The number of aryl methyl sites for hydroxylation is 1. The predicted molar refractivity (Wildman–Crippen MR) is 512 cm³/mol. The molecule has 22 aromatic rings. The van der Waals surface area contributed by atoms with Crippen molar-refractivity contribution in [3.8, 4) is 106 Å². The molecule has 6 nitrogen and oxygen atoms in total. The van der Waals surface area contributed by atoms with Gasteiger partial charge in [0.2, 0.25) is 0 Å². The van der Waals surface area contributed by atoms with Gasteiger partial charge in [0.1, 0.15) is 39.2 Å². The summed E-state index contributed by atoms with van der Waals surface area (Å²) in [5.41, 5.74) is 36.0. The van der Waals surface area contributed by atoms with Gasteiger partial charge in [-0.25, -0.2) is 0 Å². The van der Waals surface area contributed by atoms with Crippen LogP contribution in [0.15, 0.2) is 401 Å². The average Bonchev–Trinajstić information content (AvgIpc) is 1.57. The third kappa shape index (κ3) is 11.1. The Labute approximate surface area is 712 Å². The monoisotopic (exact) mass is 1580 g/mol. The number of benzene rings is 19. The topological polar surface area (TPSA) is 66.1 Å². The molecule has 0 radical (unpaired) electrons. The van der Waals surface area contributed by atoms with Crippen molar-refractivity contribution in [3.63, 3.8) is 0 Å². The predicted octanol–water partition coefficient (Wildman–Crippen LogP) is 32.9. The first-order valence-corrected chi connectivity index (χ1v) is 42.5. The lowest BCUT2D eigenvalue weighted by molar-refractivity contribution is 0.479. The van der Waals surface area contributed by atoms with Crippen LogP contribution < -0.4 is 9.80 Å². The third-order valence-electron chi connectivity index (χ3n) is 26.7. The van der Waals surface area contributed by atoms with Gasteiger partial charge in [0.05, 0.1) is 17.1 Å². The fourth-order valence-electron chi connectivity index (χ4n) is 20.8. The van der Waals surface area contributed by atoms with Crippen molar-refractivity contribution < 1.29 is 18.4 Å². The minimum Gasteiger partial charge on any atom is -0.507 e. The number of furan rings is 3. The zero-order chi connectivity index (χ0) is 82.1. The van der Waals surface area contributed by atoms with Gasteiger partial charge >= 0.3 is 0 Å². The van der Waals surface area contributed by atoms with Crippen molar-refractivity contribution in [2.75, 3.05) is 9.80 Å². The standard InChI is InChI=1S/C117H80N2O4/c1-70-65-77(56-63-103(70)119(106-47-24-44-102-109(106)96-33-11-16-43-101(96)116(102,2)3)105-46-18-12-30-87(105)90-37-20-34-82(111(90)120)78-50-49-71-25-6-7-27-75(71)66-78)85-36-22-41-94-98-67-76(57-64-108(98)122-113(85)94)79-68-97(110-99(69-79)86-29-10-15-42-100(86)117(110,4)5)74-53-60-81(61-54-74)118(80-58-51-73(52-59-80)84-35-21-39-92-89-32-14-19-48-107(89)121-112(84)92)104-45-17-13-31-88(104)91-38-23-40-93-95-62-55-72-26-8-9-28-83(72)114(95)123-115(91)93/h6-69,120H,1-5H3. The summed E-state index contributed by atoms with van der Waals surface area (Å²) in [5, 5.41) is 23.7. The first-order chi connectivity index (χ1) is 60.3. The molecule has 582 valence electrons. The minimum atomic E-state index is -0.316. The van der Waals surface area contributed by atoms with Crippen LogP contribution in [-0.4, -0.2) is 5.11 Å². The summed E-state index contributed by atoms with van der Waals surface area (Å²) in [6.45, 7) is 11.7. The van der Waals surface area contributed by atoms with Crippen LogP contribution in [0.5, 0.6) is 5.75 Å². The van der Waals surface area contributed by atoms with Gasteiger partial charge in [-0.2, -0.15) is 0 Å². The molecule has 2 aliphatic rings. The molecular formula is C117H80N2O4. The van der Waals surface area contributed by atoms with Gasteiger partial charge in [0, 0.05) is 110 Å². The van der Waals surface area contributed by atoms with Crippen LogP contribution in [0.2, 0.25) is 0 Å². The van der Waals surface area contributed by atoms with Crippen LogP contribution in [-0.2, 0) is 10.8 Å². The van der Waals surface area contributed by atoms with Crippen molar-refractivity contribution in [1.29, 1.82) is 0 Å². The summed E-state index contributed by atoms with van der Waals surface area (Å²) in [7, 11) is 0. The van der Waals surface area contributed by atoms with Gasteiger partial charge in [-0.15, -0.1) is 0 Å². The molecule has 0 fully saturated rings. The van der Waals surface area contributed by atoms with Gasteiger partial charge in [-0.3, -0.25) is 0 Å². The Morgan fingerprint density at radius 3 is 1.44 bits per heavy atom. The summed E-state index contributed by atoms with van der Waals surface area (Å²) in [4.78, 5) is 4.84. The molecule has 0 saturated carbocycles. The van der Waals surface area contributed by atoms with E-state index in [-0.39, 0.29) is 16.6 Å². The normalized spacial score (nSPS) is 13.1. The van der Waals surface area contributed by atoms with E-state index in [0.29, 0.717) is 0 Å². The first kappa shape index (κ1) is 71.6. The van der Waals surface area contributed by atoms with Crippen molar-refractivity contribution in [2.24, 2.45) is 0 Å². The lowest BCUT2D eigenvalue weighted by atomic mass is 9.78. The van der Waals surface area contributed by atoms with Crippen LogP contribution in [0.1, 0.15) is 55.5 Å². The first-order valence-electron chi connectivity index (χ1n) is 42.5. The van der Waals surface area contributed by atoms with Gasteiger partial charge in [0.25, 0.3) is 0 Å². The highest BCUT2D eigenvalue weighted by atomic mass is 16.3. The Kier molecular flexibility index (Phi) is 16.0. The summed E-state index contributed by atoms with van der Waals surface area (Å²) in [6, 6.07) is 140. The molecular weight excluding hydrogens is 1500 g/mol. The van der Waals surface area contributed by atoms with Crippen LogP contribution in [0, 0.1) is 6.92 Å². The Morgan fingerprint density at radius 2 is 0.699 bits per heavy atom. The highest BCUT2D eigenvalue weighted by molar-refractivity contribution is 6.19. The number of hydrogen-bond donors (Lipinski definition) is 1. The number of hydrogen-bond acceptors (Lipinski definition) is 6. The molecule has 0 bridgehead atoms. The second-order valence-electron chi connectivity index (χ2n) is 34.3. The van der Waals surface area contributed by atoms with Crippen molar-refractivity contribution in [1.82, 2.24) is 0 Å². The third-order valence-corrected chi connectivity index (χ3v) is 26.7. The highest BCUT2D eigenvalue weighted by Crippen LogP contribution is 2.59. The molecule has 0 unspecified atom stereocenters. The molecule has 19 aromatic carbocycles. The van der Waals surface area contributed by atoms with Crippen molar-refractivity contribution in [2.45, 2.75) is 45.4 Å². The van der Waals surface area contributed by atoms with Crippen LogP contribution in [0.3, 0.4) is 0 Å². The molecule has 0 aliphatic heterocycles. The molecule has 0 spiro atoms. The Morgan fingerprint density at radius 1 is 0.236 bits per heavy atom. The largest absolute Gasteiger partial charge is 0.507 e. The van der Waals surface area contributed by atoms with Crippen LogP contribution in [0.4, 0.5) is 34.1 Å². The fraction of sp³-hybridized carbons (Fsp3) is 0.0598. The zero-order valence-corrected chi connectivity index (χ0v) is 68.5. The van der Waals surface area contributed by atoms with Gasteiger partial charge < -0.3 is 28.2 Å². The number of anilines is 6. The Bertz CT molecular complexity index is 8170. The van der Waals surface area contributed by atoms with E-state index >= 15 is 0 Å². The SMILES string of the molecule is Cc1cc(-c2cccc3c2oc2ccc(-c4cc(-c5ccc(N(c6ccc(-c7cccc8c7oc7ccccc78)cc6)c6ccccc6-c6cccc7c6oc6c8ccccc8ccc76)cc5)c5c(c4)-c4ccccc4C5(C)C)cc23)ccc1N(c1ccccc1-c1cccc(-c2ccc3ccccc3c2)c1O)c1cccc2c1-c1ccccc1C2(C)C. The van der Waals surface area contributed by atoms with Crippen molar-refractivity contribution >= 4 is 121 Å². The summed E-state index contributed by atoms with van der Waals surface area (Å²) < 4.78 is 20.9. The van der Waals surface area contributed by atoms with Crippen molar-refractivity contribution in [3.05, 3.63) is 416 Å². The number of aromatic hydroxyl groups is 1. The van der Waals surface area contributed by atoms with E-state index in [1.54, 1.807) is 0 Å². The van der Waals surface area contributed by atoms with E-state index in [4.69, 9.17) is 13.3 Å². The quantitative estimate of drug-likeness (QED) is 0.124. The molecule has 123 heavy (non-hydrogen) atoms. The number of nitrogens with zero attached hydrogens (tertiary/aromatic N) is 2. The lowest BCUT2D eigenvalue weighted by Gasteiger charge is -2.32. The molecule has 0 atom stereocenters. The highest BCUT2D eigenvalue weighted by Gasteiger charge is 2.41. The fourth-order valence-corrected chi connectivity index (χ4v) is 20.8. The number of para-hydroxylation sites is 7. The molecule has 0 saturated heterocycles. The minimum absolute atomic E-state index is 0.233. The van der Waals surface area contributed by atoms with E-state index in [0.717, 1.165) is 199 Å². The number of phenolic OH excluding ortho intramolecular Hbond substituents is 1. The summed E-state index contributed by atoms with van der Waals surface area (Å²) >= 11 is 0. The molecule has 6 heteroatoms. The van der Waals surface area contributed by atoms with E-state index in [1.165, 1.54) is 50.1 Å². The average molecular weight is 1580 g/mol. The maximum atomic E-state index is 12.7. The van der Waals surface area contributed by atoms with Crippen LogP contribution in [0.25, 0.3) is 188 Å². The van der Waals surface area contributed by atoms with E-state index in [9.17, 15) is 5.11 Å². The number of rotatable bonds is 13. The summed E-state index contributed by atoms with van der Waals surface area (Å²) in [6.07, 6.45) is 0. The molecule has 3 aromatic heterocycles. The Balaban J connectivity index is 0.617. The van der Waals surface area contributed by atoms with Gasteiger partial charge in [-0.1, -0.05) is 319 Å². The summed E-state index contributed by atoms with van der Waals surface area (Å²) in [5.74, 6) is 0.233. The van der Waals surface area contributed by atoms with E-state index < -0.39 is 0 Å². The Hall–Kier alpha value is -15.5.